The number of aliphatic hydroxyl groups excluding tert-OH is 1. The smallest absolute Gasteiger partial charge is 0.251 e. The Kier molecular flexibility index (Phi) is 6.37. The molecule has 4 rings (SSSR count). The highest BCUT2D eigenvalue weighted by Gasteiger charge is 2.12. The number of aliphatic imine (C=N–C) groups is 1. The van der Waals surface area contributed by atoms with Gasteiger partial charge in [-0.1, -0.05) is 30.3 Å². The lowest BCUT2D eigenvalue weighted by Crippen LogP contribution is -2.10. The molecule has 0 aliphatic carbocycles. The summed E-state index contributed by atoms with van der Waals surface area (Å²) in [5.74, 6) is -0.000248. The van der Waals surface area contributed by atoms with Crippen molar-refractivity contribution in [2.45, 2.75) is 19.9 Å². The summed E-state index contributed by atoms with van der Waals surface area (Å²) < 4.78 is 21.0. The average Bonchev–Trinajstić information content (AvgIpc) is 3.46. The summed E-state index contributed by atoms with van der Waals surface area (Å²) in [4.78, 5) is 13.2. The van der Waals surface area contributed by atoms with E-state index in [1.807, 2.05) is 23.8 Å². The predicted octanol–water partition coefficient (Wildman–Crippen LogP) is 3.50. The van der Waals surface area contributed by atoms with Gasteiger partial charge < -0.3 is 19.9 Å². The monoisotopic (exact) mass is 434 g/mol. The Morgan fingerprint density at radius 1 is 1.31 bits per heavy atom. The number of hydrogen-bond donors (Lipinski definition) is 2. The lowest BCUT2D eigenvalue weighted by atomic mass is 10.0. The quantitative estimate of drug-likeness (QED) is 0.410. The SMILES string of the molecule is CC(CO)Cn1ccc2cnc(N=CC(=C(N)Cc3ccccc3F)c3ccon3)nc21. The molecule has 1 atom stereocenters. The molecule has 0 radical (unpaired) electrons. The Balaban J connectivity index is 1.67. The second-order valence-corrected chi connectivity index (χ2v) is 7.55. The van der Waals surface area contributed by atoms with Gasteiger partial charge in [-0.2, -0.15) is 4.98 Å². The van der Waals surface area contributed by atoms with Gasteiger partial charge in [-0.05, 0) is 23.6 Å². The average molecular weight is 434 g/mol. The maximum Gasteiger partial charge on any atom is 0.251 e. The number of nitrogens with two attached hydrogens (primary N) is 1. The first kappa shape index (κ1) is 21.4. The molecule has 3 N–H and O–H groups in total. The number of aromatic nitrogens is 4. The molecule has 0 aliphatic heterocycles. The van der Waals surface area contributed by atoms with E-state index in [1.165, 1.54) is 18.5 Å². The molecule has 8 nitrogen and oxygen atoms in total. The van der Waals surface area contributed by atoms with E-state index in [1.54, 1.807) is 30.5 Å². The molecule has 9 heteroatoms. The number of allylic oxidation sites excluding steroid dienone is 2. The molecule has 32 heavy (non-hydrogen) atoms. The zero-order valence-corrected chi connectivity index (χ0v) is 17.5. The number of rotatable bonds is 8. The number of fused-ring (bicyclic) bond motifs is 1. The molecule has 3 aromatic heterocycles. The van der Waals surface area contributed by atoms with Gasteiger partial charge in [0.15, 0.2) is 0 Å². The molecular weight excluding hydrogens is 411 g/mol. The molecule has 0 fully saturated rings. The summed E-state index contributed by atoms with van der Waals surface area (Å²) >= 11 is 0. The van der Waals surface area contributed by atoms with Crippen molar-refractivity contribution in [1.82, 2.24) is 19.7 Å². The van der Waals surface area contributed by atoms with Crippen molar-refractivity contribution >= 4 is 28.8 Å². The van der Waals surface area contributed by atoms with Crippen LogP contribution in [0.5, 0.6) is 0 Å². The molecule has 1 unspecified atom stereocenters. The molecule has 3 heterocycles. The highest BCUT2D eigenvalue weighted by Crippen LogP contribution is 2.20. The van der Waals surface area contributed by atoms with Crippen molar-refractivity contribution in [1.29, 1.82) is 0 Å². The van der Waals surface area contributed by atoms with Crippen LogP contribution in [0.2, 0.25) is 0 Å². The molecule has 0 saturated carbocycles. The molecule has 0 spiro atoms. The lowest BCUT2D eigenvalue weighted by Gasteiger charge is -2.10. The molecule has 0 bridgehead atoms. The van der Waals surface area contributed by atoms with Gasteiger partial charge in [0.25, 0.3) is 5.95 Å². The van der Waals surface area contributed by atoms with Gasteiger partial charge in [-0.3, -0.25) is 0 Å². The summed E-state index contributed by atoms with van der Waals surface area (Å²) in [5.41, 5.74) is 8.86. The third-order valence-corrected chi connectivity index (χ3v) is 5.02. The first-order chi connectivity index (χ1) is 15.5. The number of nitrogens with zero attached hydrogens (tertiary/aromatic N) is 5. The topological polar surface area (TPSA) is 115 Å². The number of aliphatic hydroxyl groups is 1. The van der Waals surface area contributed by atoms with Crippen molar-refractivity contribution in [3.05, 3.63) is 77.8 Å². The van der Waals surface area contributed by atoms with Crippen LogP contribution in [0.4, 0.5) is 10.3 Å². The van der Waals surface area contributed by atoms with Crippen LogP contribution in [0.25, 0.3) is 16.6 Å². The maximum absolute atomic E-state index is 14.1. The fourth-order valence-corrected chi connectivity index (χ4v) is 3.29. The Bertz CT molecular complexity index is 1260. The van der Waals surface area contributed by atoms with Crippen LogP contribution in [0.15, 0.2) is 70.3 Å². The zero-order valence-electron chi connectivity index (χ0n) is 17.5. The first-order valence-corrected chi connectivity index (χ1v) is 10.1. The Hall–Kier alpha value is -3.85. The third kappa shape index (κ3) is 4.73. The largest absolute Gasteiger partial charge is 0.401 e. The van der Waals surface area contributed by atoms with Crippen LogP contribution in [0.3, 0.4) is 0 Å². The fraction of sp³-hybridized carbons (Fsp3) is 0.217. The van der Waals surface area contributed by atoms with E-state index in [2.05, 4.69) is 20.1 Å². The lowest BCUT2D eigenvalue weighted by molar-refractivity contribution is 0.224. The van der Waals surface area contributed by atoms with E-state index in [4.69, 9.17) is 10.3 Å². The standard InChI is InChI=1S/C23H23FN6O2/c1-15(14-31)13-30-8-6-17-11-26-23(28-22(17)30)27-12-18(21-7-9-32-29-21)20(25)10-16-4-2-3-5-19(16)24/h2-9,11-12,15,31H,10,13-14,25H2,1H3. The number of hydrogen-bond acceptors (Lipinski definition) is 7. The van der Waals surface area contributed by atoms with Gasteiger partial charge in [-0.15, -0.1) is 0 Å². The summed E-state index contributed by atoms with van der Waals surface area (Å²) in [7, 11) is 0. The summed E-state index contributed by atoms with van der Waals surface area (Å²) in [6.07, 6.45) is 6.72. The van der Waals surface area contributed by atoms with E-state index in [0.29, 0.717) is 29.1 Å². The van der Waals surface area contributed by atoms with E-state index in [-0.39, 0.29) is 30.7 Å². The highest BCUT2D eigenvalue weighted by atomic mass is 19.1. The van der Waals surface area contributed by atoms with Crippen molar-refractivity contribution < 1.29 is 14.0 Å². The predicted molar refractivity (Wildman–Crippen MR) is 120 cm³/mol. The molecule has 0 amide bonds. The Morgan fingerprint density at radius 2 is 2.16 bits per heavy atom. The normalized spacial score (nSPS) is 13.6. The van der Waals surface area contributed by atoms with Crippen LogP contribution in [-0.4, -0.2) is 37.6 Å². The van der Waals surface area contributed by atoms with E-state index in [0.717, 1.165) is 11.0 Å². The highest BCUT2D eigenvalue weighted by molar-refractivity contribution is 6.10. The first-order valence-electron chi connectivity index (χ1n) is 10.1. The molecule has 164 valence electrons. The van der Waals surface area contributed by atoms with Crippen LogP contribution < -0.4 is 5.73 Å². The minimum Gasteiger partial charge on any atom is -0.401 e. The minimum absolute atomic E-state index is 0.0862. The van der Waals surface area contributed by atoms with Crippen LogP contribution in [0.1, 0.15) is 18.2 Å². The Morgan fingerprint density at radius 3 is 2.91 bits per heavy atom. The minimum atomic E-state index is -0.335. The summed E-state index contributed by atoms with van der Waals surface area (Å²) in [6, 6.07) is 10.0. The van der Waals surface area contributed by atoms with Crippen molar-refractivity contribution in [2.24, 2.45) is 16.6 Å². The summed E-state index contributed by atoms with van der Waals surface area (Å²) in [6.45, 7) is 2.67. The molecule has 4 aromatic rings. The van der Waals surface area contributed by atoms with Crippen LogP contribution in [0, 0.1) is 11.7 Å². The van der Waals surface area contributed by atoms with Crippen LogP contribution in [-0.2, 0) is 13.0 Å². The molecular formula is C23H23FN6O2. The number of benzene rings is 1. The molecule has 0 aliphatic rings. The van der Waals surface area contributed by atoms with Crippen molar-refractivity contribution in [2.75, 3.05) is 6.61 Å². The van der Waals surface area contributed by atoms with Crippen LogP contribution >= 0.6 is 0 Å². The van der Waals surface area contributed by atoms with Gasteiger partial charge in [0, 0.05) is 60.9 Å². The molecule has 0 saturated heterocycles. The van der Waals surface area contributed by atoms with E-state index in [9.17, 15) is 9.50 Å². The summed E-state index contributed by atoms with van der Waals surface area (Å²) in [5, 5.41) is 14.2. The van der Waals surface area contributed by atoms with Gasteiger partial charge in [0.1, 0.15) is 23.4 Å². The van der Waals surface area contributed by atoms with Crippen molar-refractivity contribution in [3.8, 4) is 0 Å². The second kappa shape index (κ2) is 9.52. The van der Waals surface area contributed by atoms with Crippen molar-refractivity contribution in [3.63, 3.8) is 0 Å². The van der Waals surface area contributed by atoms with E-state index < -0.39 is 0 Å². The van der Waals surface area contributed by atoms with Gasteiger partial charge >= 0.3 is 0 Å². The zero-order chi connectivity index (χ0) is 22.5. The number of halogens is 1. The van der Waals surface area contributed by atoms with Gasteiger partial charge in [0.05, 0.1) is 0 Å². The maximum atomic E-state index is 14.1. The third-order valence-electron chi connectivity index (χ3n) is 5.02. The van der Waals surface area contributed by atoms with E-state index >= 15 is 0 Å². The van der Waals surface area contributed by atoms with Gasteiger partial charge in [0.2, 0.25) is 0 Å². The second-order valence-electron chi connectivity index (χ2n) is 7.55. The molecule has 1 aromatic carbocycles. The van der Waals surface area contributed by atoms with Gasteiger partial charge in [-0.25, -0.2) is 14.4 Å². The fourth-order valence-electron chi connectivity index (χ4n) is 3.29. The Labute approximate surface area is 183 Å².